The van der Waals surface area contributed by atoms with Gasteiger partial charge in [0.2, 0.25) is 5.89 Å². The minimum absolute atomic E-state index is 0.202. The molecule has 2 aromatic rings. The van der Waals surface area contributed by atoms with E-state index in [0.717, 1.165) is 0 Å². The first kappa shape index (κ1) is 8.66. The standard InChI is InChI=1S/C9H5N3OS/c10-5-6-3-1-2-4-7(6)8-11-12-9(14)13-8/h1-4H,(H,12,14). The van der Waals surface area contributed by atoms with Crippen molar-refractivity contribution >= 4 is 12.2 Å². The van der Waals surface area contributed by atoms with Crippen molar-refractivity contribution in [2.75, 3.05) is 0 Å². The highest BCUT2D eigenvalue weighted by molar-refractivity contribution is 7.71. The minimum atomic E-state index is 0.202. The largest absolute Gasteiger partial charge is 0.409 e. The molecule has 0 spiro atoms. The van der Waals surface area contributed by atoms with Gasteiger partial charge in [0.15, 0.2) is 0 Å². The number of rotatable bonds is 1. The number of nitrogens with zero attached hydrogens (tertiary/aromatic N) is 2. The van der Waals surface area contributed by atoms with E-state index >= 15 is 0 Å². The van der Waals surface area contributed by atoms with Crippen molar-refractivity contribution in [3.63, 3.8) is 0 Å². The second kappa shape index (κ2) is 3.44. The molecule has 0 aliphatic rings. The number of benzene rings is 1. The van der Waals surface area contributed by atoms with E-state index in [9.17, 15) is 0 Å². The highest BCUT2D eigenvalue weighted by atomic mass is 32.1. The Morgan fingerprint density at radius 3 is 2.86 bits per heavy atom. The van der Waals surface area contributed by atoms with Crippen molar-refractivity contribution in [2.45, 2.75) is 0 Å². The lowest BCUT2D eigenvalue weighted by Gasteiger charge is -1.95. The van der Waals surface area contributed by atoms with Crippen molar-refractivity contribution in [3.05, 3.63) is 34.7 Å². The first-order chi connectivity index (χ1) is 6.81. The van der Waals surface area contributed by atoms with E-state index in [4.69, 9.17) is 21.9 Å². The van der Waals surface area contributed by atoms with Crippen LogP contribution >= 0.6 is 12.2 Å². The van der Waals surface area contributed by atoms with Crippen LogP contribution in [-0.2, 0) is 0 Å². The first-order valence-corrected chi connectivity index (χ1v) is 4.27. The van der Waals surface area contributed by atoms with Gasteiger partial charge in [0.25, 0.3) is 4.84 Å². The summed E-state index contributed by atoms with van der Waals surface area (Å²) < 4.78 is 5.11. The molecule has 0 radical (unpaired) electrons. The van der Waals surface area contributed by atoms with Gasteiger partial charge in [0, 0.05) is 0 Å². The number of nitrogens with one attached hydrogen (secondary N) is 1. The Labute approximate surface area is 84.8 Å². The summed E-state index contributed by atoms with van der Waals surface area (Å²) in [7, 11) is 0. The summed E-state index contributed by atoms with van der Waals surface area (Å²) in [5.41, 5.74) is 1.15. The maximum Gasteiger partial charge on any atom is 0.284 e. The second-order valence-electron chi connectivity index (χ2n) is 2.58. The Morgan fingerprint density at radius 2 is 2.21 bits per heavy atom. The third-order valence-corrected chi connectivity index (χ3v) is 1.89. The van der Waals surface area contributed by atoms with E-state index in [0.29, 0.717) is 17.0 Å². The molecule has 0 aliphatic heterocycles. The van der Waals surface area contributed by atoms with Crippen molar-refractivity contribution < 1.29 is 4.42 Å². The van der Waals surface area contributed by atoms with Gasteiger partial charge >= 0.3 is 0 Å². The van der Waals surface area contributed by atoms with E-state index in [-0.39, 0.29) is 4.84 Å². The summed E-state index contributed by atoms with van der Waals surface area (Å²) in [4.78, 5) is 0.202. The Morgan fingerprint density at radius 1 is 1.43 bits per heavy atom. The van der Waals surface area contributed by atoms with E-state index in [1.54, 1.807) is 18.2 Å². The summed E-state index contributed by atoms with van der Waals surface area (Å²) in [5, 5.41) is 15.2. The van der Waals surface area contributed by atoms with Crippen LogP contribution < -0.4 is 0 Å². The number of nitriles is 1. The summed E-state index contributed by atoms with van der Waals surface area (Å²) >= 11 is 4.74. The number of hydrogen-bond donors (Lipinski definition) is 1. The van der Waals surface area contributed by atoms with Crippen molar-refractivity contribution in [3.8, 4) is 17.5 Å². The first-order valence-electron chi connectivity index (χ1n) is 3.86. The molecule has 0 saturated heterocycles. The smallest absolute Gasteiger partial charge is 0.284 e. The minimum Gasteiger partial charge on any atom is -0.409 e. The molecule has 14 heavy (non-hydrogen) atoms. The third-order valence-electron chi connectivity index (χ3n) is 1.72. The molecule has 0 atom stereocenters. The Hall–Kier alpha value is -1.93. The summed E-state index contributed by atoms with van der Waals surface area (Å²) in [5.74, 6) is 0.340. The highest BCUT2D eigenvalue weighted by Crippen LogP contribution is 2.20. The van der Waals surface area contributed by atoms with Crippen LogP contribution in [0.5, 0.6) is 0 Å². The predicted molar refractivity (Wildman–Crippen MR) is 51.8 cm³/mol. The van der Waals surface area contributed by atoms with Crippen molar-refractivity contribution in [2.24, 2.45) is 0 Å². The van der Waals surface area contributed by atoms with E-state index in [2.05, 4.69) is 16.3 Å². The number of aromatic nitrogens is 2. The van der Waals surface area contributed by atoms with E-state index in [1.165, 1.54) is 0 Å². The Balaban J connectivity index is 2.63. The average Bonchev–Trinajstić information content (AvgIpc) is 2.65. The fourth-order valence-corrected chi connectivity index (χ4v) is 1.24. The molecule has 1 N–H and O–H groups in total. The molecular formula is C9H5N3OS. The predicted octanol–water partition coefficient (Wildman–Crippen LogP) is 2.27. The highest BCUT2D eigenvalue weighted by Gasteiger charge is 2.08. The quantitative estimate of drug-likeness (QED) is 0.722. The van der Waals surface area contributed by atoms with E-state index in [1.807, 2.05) is 6.07 Å². The molecule has 0 bridgehead atoms. The molecule has 0 amide bonds. The van der Waals surface area contributed by atoms with E-state index < -0.39 is 0 Å². The zero-order valence-electron chi connectivity index (χ0n) is 7.02. The molecule has 1 aromatic heterocycles. The van der Waals surface area contributed by atoms with Gasteiger partial charge in [-0.1, -0.05) is 12.1 Å². The molecule has 1 heterocycles. The molecule has 0 saturated carbocycles. The maximum absolute atomic E-state index is 8.83. The van der Waals surface area contributed by atoms with Crippen LogP contribution in [0.2, 0.25) is 0 Å². The molecule has 5 heteroatoms. The van der Waals surface area contributed by atoms with Gasteiger partial charge in [0.1, 0.15) is 0 Å². The molecule has 0 unspecified atom stereocenters. The second-order valence-corrected chi connectivity index (χ2v) is 2.95. The molecule has 0 fully saturated rings. The summed E-state index contributed by atoms with van der Waals surface area (Å²) in [6.45, 7) is 0. The van der Waals surface area contributed by atoms with Gasteiger partial charge < -0.3 is 4.42 Å². The normalized spacial score (nSPS) is 9.64. The number of hydrogen-bond acceptors (Lipinski definition) is 4. The van der Waals surface area contributed by atoms with Gasteiger partial charge in [-0.3, -0.25) is 0 Å². The number of H-pyrrole nitrogens is 1. The number of aromatic amines is 1. The average molecular weight is 203 g/mol. The van der Waals surface area contributed by atoms with Crippen LogP contribution in [0.25, 0.3) is 11.5 Å². The van der Waals surface area contributed by atoms with Crippen molar-refractivity contribution in [1.82, 2.24) is 10.2 Å². The van der Waals surface area contributed by atoms with Gasteiger partial charge in [-0.05, 0) is 24.4 Å². The zero-order valence-corrected chi connectivity index (χ0v) is 7.84. The fraction of sp³-hybridized carbons (Fsp3) is 0. The summed E-state index contributed by atoms with van der Waals surface area (Å²) in [6.07, 6.45) is 0. The lowest BCUT2D eigenvalue weighted by Crippen LogP contribution is -1.83. The van der Waals surface area contributed by atoms with Crippen LogP contribution in [0.4, 0.5) is 0 Å². The van der Waals surface area contributed by atoms with Gasteiger partial charge in [-0.2, -0.15) is 5.26 Å². The molecule has 2 rings (SSSR count). The van der Waals surface area contributed by atoms with Crippen LogP contribution in [0, 0.1) is 16.2 Å². The molecule has 68 valence electrons. The monoisotopic (exact) mass is 203 g/mol. The Bertz CT molecular complexity index is 549. The lowest BCUT2D eigenvalue weighted by atomic mass is 10.1. The van der Waals surface area contributed by atoms with Gasteiger partial charge in [-0.15, -0.1) is 5.10 Å². The lowest BCUT2D eigenvalue weighted by molar-refractivity contribution is 0.552. The van der Waals surface area contributed by atoms with Gasteiger partial charge in [-0.25, -0.2) is 5.10 Å². The zero-order chi connectivity index (χ0) is 9.97. The van der Waals surface area contributed by atoms with Crippen LogP contribution in [0.1, 0.15) is 5.56 Å². The molecular weight excluding hydrogens is 198 g/mol. The Kier molecular flexibility index (Phi) is 2.13. The summed E-state index contributed by atoms with van der Waals surface area (Å²) in [6, 6.07) is 9.10. The van der Waals surface area contributed by atoms with Crippen LogP contribution in [-0.4, -0.2) is 10.2 Å². The molecule has 4 nitrogen and oxygen atoms in total. The maximum atomic E-state index is 8.83. The molecule has 0 aliphatic carbocycles. The molecule has 1 aromatic carbocycles. The SMILES string of the molecule is N#Cc1ccccc1-c1n[nH]c(=S)o1. The van der Waals surface area contributed by atoms with Gasteiger partial charge in [0.05, 0.1) is 17.2 Å². The third kappa shape index (κ3) is 1.43. The van der Waals surface area contributed by atoms with Crippen LogP contribution in [0.3, 0.4) is 0 Å². The topological polar surface area (TPSA) is 65.6 Å². The van der Waals surface area contributed by atoms with Crippen molar-refractivity contribution in [1.29, 1.82) is 5.26 Å². The fourth-order valence-electron chi connectivity index (χ4n) is 1.11. The van der Waals surface area contributed by atoms with Crippen LogP contribution in [0.15, 0.2) is 28.7 Å².